The summed E-state index contributed by atoms with van der Waals surface area (Å²) < 4.78 is 64.8. The lowest BCUT2D eigenvalue weighted by molar-refractivity contribution is -0.142. The lowest BCUT2D eigenvalue weighted by atomic mass is 10.1. The van der Waals surface area contributed by atoms with Gasteiger partial charge in [-0.25, -0.2) is 22.2 Å². The lowest BCUT2D eigenvalue weighted by Gasteiger charge is -2.20. The number of sulfone groups is 1. The molecule has 214 valence electrons. The van der Waals surface area contributed by atoms with Crippen LogP contribution in [-0.2, 0) is 30.6 Å². The van der Waals surface area contributed by atoms with Gasteiger partial charge in [-0.1, -0.05) is 53.4 Å². The molecule has 0 bridgehead atoms. The SMILES string of the molecule is CCOC(=O)Cc1nc(NC(=O)C(Oc2ccc(F)cc2F)c2ccc(S(=O)(=O)C3CCCC3)c(Cl)c2)sc1Cl. The average molecular weight is 634 g/mol. The molecule has 8 nitrogen and oxygen atoms in total. The maximum absolute atomic E-state index is 14.5. The van der Waals surface area contributed by atoms with Crippen molar-refractivity contribution in [2.24, 2.45) is 0 Å². The smallest absolute Gasteiger partial charge is 0.311 e. The normalized spacial score (nSPS) is 14.6. The zero-order valence-electron chi connectivity index (χ0n) is 21.1. The number of hydrogen-bond acceptors (Lipinski definition) is 8. The molecule has 0 radical (unpaired) electrons. The highest BCUT2D eigenvalue weighted by Gasteiger charge is 2.33. The van der Waals surface area contributed by atoms with E-state index in [-0.39, 0.29) is 43.7 Å². The van der Waals surface area contributed by atoms with Gasteiger partial charge in [0, 0.05) is 11.6 Å². The first kappa shape index (κ1) is 30.2. The maximum Gasteiger partial charge on any atom is 0.311 e. The molecule has 0 aliphatic heterocycles. The van der Waals surface area contributed by atoms with E-state index in [1.807, 2.05) is 0 Å². The summed E-state index contributed by atoms with van der Waals surface area (Å²) >= 11 is 13.4. The molecule has 1 aliphatic carbocycles. The van der Waals surface area contributed by atoms with Crippen molar-refractivity contribution in [3.8, 4) is 5.75 Å². The minimum Gasteiger partial charge on any atom is -0.473 e. The Morgan fingerprint density at radius 3 is 2.52 bits per heavy atom. The molecule has 2 aromatic carbocycles. The summed E-state index contributed by atoms with van der Waals surface area (Å²) in [6.07, 6.45) is 0.908. The van der Waals surface area contributed by atoms with Gasteiger partial charge in [0.2, 0.25) is 6.10 Å². The number of esters is 1. The average Bonchev–Trinajstić information content (AvgIpc) is 3.54. The second-order valence-corrected chi connectivity index (χ2v) is 13.1. The third-order valence-corrected chi connectivity index (χ3v) is 10.2. The Balaban J connectivity index is 1.65. The molecule has 4 rings (SSSR count). The quantitative estimate of drug-likeness (QED) is 0.261. The number of rotatable bonds is 10. The molecule has 1 aromatic heterocycles. The Hall–Kier alpha value is -2.80. The molecular formula is C26H24Cl2F2N2O6S2. The van der Waals surface area contributed by atoms with E-state index >= 15 is 0 Å². The van der Waals surface area contributed by atoms with Gasteiger partial charge in [-0.05, 0) is 44.0 Å². The highest BCUT2D eigenvalue weighted by molar-refractivity contribution is 7.92. The number of carbonyl (C=O) groups is 2. The molecule has 0 saturated heterocycles. The number of thiazole rings is 1. The van der Waals surface area contributed by atoms with Gasteiger partial charge in [0.05, 0.1) is 33.9 Å². The molecule has 1 fully saturated rings. The van der Waals surface area contributed by atoms with E-state index in [1.165, 1.54) is 18.2 Å². The van der Waals surface area contributed by atoms with Gasteiger partial charge in [-0.2, -0.15) is 0 Å². The molecule has 1 saturated carbocycles. The minimum atomic E-state index is -3.70. The largest absolute Gasteiger partial charge is 0.473 e. The van der Waals surface area contributed by atoms with Crippen LogP contribution in [0.4, 0.5) is 13.9 Å². The van der Waals surface area contributed by atoms with Gasteiger partial charge >= 0.3 is 5.97 Å². The van der Waals surface area contributed by atoms with Gasteiger partial charge in [0.25, 0.3) is 5.91 Å². The lowest BCUT2D eigenvalue weighted by Crippen LogP contribution is -2.26. The van der Waals surface area contributed by atoms with Crippen molar-refractivity contribution in [2.75, 3.05) is 11.9 Å². The Bertz CT molecular complexity index is 1530. The molecule has 14 heteroatoms. The van der Waals surface area contributed by atoms with E-state index < -0.39 is 50.5 Å². The first-order valence-electron chi connectivity index (χ1n) is 12.3. The molecule has 0 spiro atoms. The summed E-state index contributed by atoms with van der Waals surface area (Å²) in [6, 6.07) is 6.46. The van der Waals surface area contributed by atoms with Crippen molar-refractivity contribution in [3.05, 3.63) is 68.6 Å². The monoisotopic (exact) mass is 632 g/mol. The molecular weight excluding hydrogens is 609 g/mol. The summed E-state index contributed by atoms with van der Waals surface area (Å²) in [4.78, 5) is 29.3. The van der Waals surface area contributed by atoms with Crippen LogP contribution in [0.5, 0.6) is 5.75 Å². The number of halogens is 4. The van der Waals surface area contributed by atoms with Gasteiger partial charge < -0.3 is 9.47 Å². The molecule has 1 heterocycles. The van der Waals surface area contributed by atoms with Gasteiger partial charge in [0.1, 0.15) is 10.2 Å². The van der Waals surface area contributed by atoms with Crippen molar-refractivity contribution < 1.29 is 36.3 Å². The van der Waals surface area contributed by atoms with Crippen LogP contribution in [0.2, 0.25) is 9.36 Å². The van der Waals surface area contributed by atoms with Crippen LogP contribution in [-0.4, -0.2) is 37.1 Å². The van der Waals surface area contributed by atoms with Crippen LogP contribution in [0, 0.1) is 11.6 Å². The highest BCUT2D eigenvalue weighted by atomic mass is 35.5. The van der Waals surface area contributed by atoms with E-state index in [4.69, 9.17) is 32.7 Å². The van der Waals surface area contributed by atoms with Gasteiger partial charge in [-0.3, -0.25) is 14.9 Å². The maximum atomic E-state index is 14.5. The third kappa shape index (κ3) is 6.91. The van der Waals surface area contributed by atoms with E-state index in [2.05, 4.69) is 10.3 Å². The minimum absolute atomic E-state index is 0.0222. The van der Waals surface area contributed by atoms with Crippen LogP contribution in [0.25, 0.3) is 0 Å². The van der Waals surface area contributed by atoms with Crippen LogP contribution in [0.3, 0.4) is 0 Å². The Morgan fingerprint density at radius 1 is 1.15 bits per heavy atom. The van der Waals surface area contributed by atoms with Crippen molar-refractivity contribution in [3.63, 3.8) is 0 Å². The third-order valence-electron chi connectivity index (χ3n) is 6.18. The van der Waals surface area contributed by atoms with Crippen molar-refractivity contribution in [1.29, 1.82) is 0 Å². The molecule has 1 atom stereocenters. The highest BCUT2D eigenvalue weighted by Crippen LogP contribution is 2.36. The zero-order valence-corrected chi connectivity index (χ0v) is 24.2. The Kier molecular flexibility index (Phi) is 9.65. The second kappa shape index (κ2) is 12.8. The molecule has 1 unspecified atom stereocenters. The number of aromatic nitrogens is 1. The number of carbonyl (C=O) groups excluding carboxylic acids is 2. The first-order chi connectivity index (χ1) is 19.0. The van der Waals surface area contributed by atoms with Gasteiger partial charge in [-0.15, -0.1) is 0 Å². The fourth-order valence-corrected chi connectivity index (χ4v) is 7.73. The van der Waals surface area contributed by atoms with E-state index in [0.29, 0.717) is 18.9 Å². The fraction of sp³-hybridized carbons (Fsp3) is 0.346. The van der Waals surface area contributed by atoms with Gasteiger partial charge in [0.15, 0.2) is 26.5 Å². The van der Waals surface area contributed by atoms with Crippen LogP contribution in [0.15, 0.2) is 41.3 Å². The molecule has 1 amide bonds. The summed E-state index contributed by atoms with van der Waals surface area (Å²) in [7, 11) is -3.70. The number of ether oxygens (including phenoxy) is 2. The van der Waals surface area contributed by atoms with Crippen LogP contribution in [0.1, 0.15) is 50.0 Å². The predicted molar refractivity (Wildman–Crippen MR) is 147 cm³/mol. The fourth-order valence-electron chi connectivity index (χ4n) is 4.28. The summed E-state index contributed by atoms with van der Waals surface area (Å²) in [5, 5.41) is 1.87. The first-order valence-corrected chi connectivity index (χ1v) is 15.4. The summed E-state index contributed by atoms with van der Waals surface area (Å²) in [5.74, 6) is -3.72. The number of nitrogens with one attached hydrogen (secondary N) is 1. The molecule has 3 aromatic rings. The zero-order chi connectivity index (χ0) is 29.0. The van der Waals surface area contributed by atoms with E-state index in [0.717, 1.165) is 36.3 Å². The summed E-state index contributed by atoms with van der Waals surface area (Å²) in [6.45, 7) is 1.83. The molecule has 1 aliphatic rings. The number of hydrogen-bond donors (Lipinski definition) is 1. The van der Waals surface area contributed by atoms with Crippen molar-refractivity contribution in [1.82, 2.24) is 4.98 Å². The topological polar surface area (TPSA) is 112 Å². The Labute approximate surface area is 243 Å². The predicted octanol–water partition coefficient (Wildman–Crippen LogP) is 6.31. The van der Waals surface area contributed by atoms with Crippen LogP contribution >= 0.6 is 34.5 Å². The summed E-state index contributed by atoms with van der Waals surface area (Å²) in [5.41, 5.74) is 0.290. The second-order valence-electron chi connectivity index (χ2n) is 8.92. The number of amides is 1. The standard InChI is InChI=1S/C26H24Cl2F2N2O6S2/c1-2-37-22(33)13-19-24(28)39-26(31-19)32-25(34)23(38-20-9-8-15(29)12-18(20)30)14-7-10-21(17(27)11-14)40(35,36)16-5-3-4-6-16/h7-12,16,23H,2-6,13H2,1H3,(H,31,32,34). The van der Waals surface area contributed by atoms with Crippen molar-refractivity contribution >= 4 is 61.4 Å². The van der Waals surface area contributed by atoms with Crippen molar-refractivity contribution in [2.45, 2.75) is 55.3 Å². The molecule has 40 heavy (non-hydrogen) atoms. The van der Waals surface area contributed by atoms with E-state index in [1.54, 1.807) is 6.92 Å². The number of benzene rings is 2. The van der Waals surface area contributed by atoms with E-state index in [9.17, 15) is 26.8 Å². The Morgan fingerprint density at radius 2 is 1.88 bits per heavy atom. The van der Waals surface area contributed by atoms with Crippen LogP contribution < -0.4 is 10.1 Å². The number of anilines is 1. The molecule has 1 N–H and O–H groups in total. The number of nitrogens with zero attached hydrogens (tertiary/aromatic N) is 1.